The number of carbonyl (C=O) groups is 1. The standard InChI is InChI=1S/C22H28N2O2S/c25-20-5-3-17(4-6-20)1-2-18-7-11-23(12-8-18)16-22(26)24-13-9-21-19(15-24)10-14-27-21/h3-6,10,14,18,25H,1-2,7-9,11-13,15-16H2. The van der Waals surface area contributed by atoms with Gasteiger partial charge in [-0.2, -0.15) is 0 Å². The summed E-state index contributed by atoms with van der Waals surface area (Å²) in [5.41, 5.74) is 2.64. The molecule has 0 bridgehead atoms. The highest BCUT2D eigenvalue weighted by molar-refractivity contribution is 7.10. The molecule has 2 aromatic rings. The smallest absolute Gasteiger partial charge is 0.237 e. The zero-order valence-corrected chi connectivity index (χ0v) is 16.6. The van der Waals surface area contributed by atoms with Crippen LogP contribution in [0.25, 0.3) is 0 Å². The van der Waals surface area contributed by atoms with Gasteiger partial charge in [0.05, 0.1) is 6.54 Å². The van der Waals surface area contributed by atoms with Gasteiger partial charge in [-0.05, 0) is 85.8 Å². The third-order valence-corrected chi connectivity index (χ3v) is 7.03. The van der Waals surface area contributed by atoms with E-state index < -0.39 is 0 Å². The van der Waals surface area contributed by atoms with E-state index >= 15 is 0 Å². The number of phenols is 1. The summed E-state index contributed by atoms with van der Waals surface area (Å²) in [7, 11) is 0. The van der Waals surface area contributed by atoms with Crippen molar-refractivity contribution in [3.8, 4) is 5.75 Å². The maximum Gasteiger partial charge on any atom is 0.237 e. The molecule has 2 aliphatic heterocycles. The van der Waals surface area contributed by atoms with Crippen LogP contribution in [0, 0.1) is 5.92 Å². The molecule has 5 heteroatoms. The molecule has 0 saturated carbocycles. The first-order chi connectivity index (χ1) is 13.2. The molecule has 0 aliphatic carbocycles. The van der Waals surface area contributed by atoms with Crippen LogP contribution in [0.1, 0.15) is 35.3 Å². The second kappa shape index (κ2) is 8.44. The maximum absolute atomic E-state index is 12.7. The van der Waals surface area contributed by atoms with E-state index in [-0.39, 0.29) is 5.91 Å². The molecule has 4 rings (SSSR count). The van der Waals surface area contributed by atoms with E-state index in [2.05, 4.69) is 16.3 Å². The summed E-state index contributed by atoms with van der Waals surface area (Å²) in [5.74, 6) is 1.36. The molecule has 0 radical (unpaired) electrons. The number of rotatable bonds is 5. The number of phenolic OH excluding ortho intramolecular Hbond substituents is 1. The van der Waals surface area contributed by atoms with Gasteiger partial charge < -0.3 is 10.0 Å². The molecule has 4 nitrogen and oxygen atoms in total. The van der Waals surface area contributed by atoms with Gasteiger partial charge in [-0.1, -0.05) is 12.1 Å². The van der Waals surface area contributed by atoms with Crippen LogP contribution in [-0.2, 0) is 24.2 Å². The van der Waals surface area contributed by atoms with Crippen molar-refractivity contribution >= 4 is 17.2 Å². The van der Waals surface area contributed by atoms with E-state index in [1.807, 2.05) is 28.4 Å². The highest BCUT2D eigenvalue weighted by Gasteiger charge is 2.25. The van der Waals surface area contributed by atoms with Crippen LogP contribution < -0.4 is 0 Å². The summed E-state index contributed by atoms with van der Waals surface area (Å²) in [6.45, 7) is 4.30. The number of piperidine rings is 1. The number of hydrogen-bond acceptors (Lipinski definition) is 4. The second-order valence-corrected chi connectivity index (χ2v) is 8.86. The second-order valence-electron chi connectivity index (χ2n) is 7.86. The lowest BCUT2D eigenvalue weighted by Crippen LogP contribution is -2.44. The van der Waals surface area contributed by atoms with Gasteiger partial charge in [0.2, 0.25) is 5.91 Å². The molecule has 1 amide bonds. The minimum atomic E-state index is 0.286. The summed E-state index contributed by atoms with van der Waals surface area (Å²) in [6.07, 6.45) is 5.64. The van der Waals surface area contributed by atoms with Crippen molar-refractivity contribution in [2.45, 2.75) is 38.6 Å². The SMILES string of the molecule is O=C(CN1CCC(CCc2ccc(O)cc2)CC1)N1CCc2sccc2C1. The molecule has 144 valence electrons. The van der Waals surface area contributed by atoms with Gasteiger partial charge in [-0.15, -0.1) is 11.3 Å². The Labute approximate surface area is 165 Å². The van der Waals surface area contributed by atoms with Crippen LogP contribution in [0.2, 0.25) is 0 Å². The lowest BCUT2D eigenvalue weighted by atomic mass is 9.90. The molecule has 0 spiro atoms. The normalized spacial score (nSPS) is 18.4. The predicted octanol–water partition coefficient (Wildman–Crippen LogP) is 3.68. The van der Waals surface area contributed by atoms with Gasteiger partial charge >= 0.3 is 0 Å². The highest BCUT2D eigenvalue weighted by Crippen LogP contribution is 2.25. The Bertz CT molecular complexity index is 763. The molecular formula is C22H28N2O2S. The molecule has 1 fully saturated rings. The molecule has 1 saturated heterocycles. The van der Waals surface area contributed by atoms with Crippen molar-refractivity contribution in [1.82, 2.24) is 9.80 Å². The number of likely N-dealkylation sites (tertiary alicyclic amines) is 1. The van der Waals surface area contributed by atoms with Gasteiger partial charge in [0, 0.05) is 18.0 Å². The Balaban J connectivity index is 1.19. The van der Waals surface area contributed by atoms with Crippen molar-refractivity contribution in [2.75, 3.05) is 26.2 Å². The lowest BCUT2D eigenvalue weighted by Gasteiger charge is -2.34. The van der Waals surface area contributed by atoms with Crippen molar-refractivity contribution < 1.29 is 9.90 Å². The monoisotopic (exact) mass is 384 g/mol. The van der Waals surface area contributed by atoms with Crippen molar-refractivity contribution in [1.29, 1.82) is 0 Å². The largest absolute Gasteiger partial charge is 0.508 e. The summed E-state index contributed by atoms with van der Waals surface area (Å²) in [4.78, 5) is 18.5. The van der Waals surface area contributed by atoms with Gasteiger partial charge in [-0.25, -0.2) is 0 Å². The van der Waals surface area contributed by atoms with Crippen LogP contribution in [0.15, 0.2) is 35.7 Å². The van der Waals surface area contributed by atoms with Gasteiger partial charge in [0.1, 0.15) is 5.75 Å². The quantitative estimate of drug-likeness (QED) is 0.855. The van der Waals surface area contributed by atoms with Gasteiger partial charge in [0.25, 0.3) is 0 Å². The van der Waals surface area contributed by atoms with Crippen molar-refractivity contribution in [3.63, 3.8) is 0 Å². The first-order valence-electron chi connectivity index (χ1n) is 10.0. The number of amides is 1. The Morgan fingerprint density at radius 3 is 2.67 bits per heavy atom. The first-order valence-corrected chi connectivity index (χ1v) is 10.9. The van der Waals surface area contributed by atoms with E-state index in [1.165, 1.54) is 35.3 Å². The Morgan fingerprint density at radius 2 is 1.89 bits per heavy atom. The Morgan fingerprint density at radius 1 is 1.11 bits per heavy atom. The molecular weight excluding hydrogens is 356 g/mol. The summed E-state index contributed by atoms with van der Waals surface area (Å²) < 4.78 is 0. The van der Waals surface area contributed by atoms with E-state index in [0.29, 0.717) is 12.3 Å². The van der Waals surface area contributed by atoms with Gasteiger partial charge in [-0.3, -0.25) is 9.69 Å². The number of nitrogens with zero attached hydrogens (tertiary/aromatic N) is 2. The number of carbonyl (C=O) groups excluding carboxylic acids is 1. The van der Waals surface area contributed by atoms with Crippen molar-refractivity contribution in [2.24, 2.45) is 5.92 Å². The average Bonchev–Trinajstić information content (AvgIpc) is 3.16. The third kappa shape index (κ3) is 4.71. The number of fused-ring (bicyclic) bond motifs is 1. The zero-order chi connectivity index (χ0) is 18.6. The fourth-order valence-corrected chi connectivity index (χ4v) is 5.11. The molecule has 2 aliphatic rings. The van der Waals surface area contributed by atoms with E-state index in [0.717, 1.165) is 44.9 Å². The number of benzene rings is 1. The van der Waals surface area contributed by atoms with Crippen molar-refractivity contribution in [3.05, 3.63) is 51.7 Å². The van der Waals surface area contributed by atoms with Crippen LogP contribution >= 0.6 is 11.3 Å². The molecule has 3 heterocycles. The van der Waals surface area contributed by atoms with Crippen LogP contribution in [0.3, 0.4) is 0 Å². The fourth-order valence-electron chi connectivity index (χ4n) is 4.22. The number of thiophene rings is 1. The van der Waals surface area contributed by atoms with Crippen LogP contribution in [-0.4, -0.2) is 47.0 Å². The molecule has 1 aromatic carbocycles. The molecule has 0 atom stereocenters. The third-order valence-electron chi connectivity index (χ3n) is 6.00. The summed E-state index contributed by atoms with van der Waals surface area (Å²) >= 11 is 1.82. The first kappa shape index (κ1) is 18.5. The Hall–Kier alpha value is -1.85. The molecule has 0 unspecified atom stereocenters. The highest BCUT2D eigenvalue weighted by atomic mass is 32.1. The topological polar surface area (TPSA) is 43.8 Å². The number of hydrogen-bond donors (Lipinski definition) is 1. The van der Waals surface area contributed by atoms with E-state index in [9.17, 15) is 9.90 Å². The molecule has 1 N–H and O–H groups in total. The maximum atomic E-state index is 12.7. The fraction of sp³-hybridized carbons (Fsp3) is 0.500. The zero-order valence-electron chi connectivity index (χ0n) is 15.8. The summed E-state index contributed by atoms with van der Waals surface area (Å²) in [5, 5.41) is 11.5. The van der Waals surface area contributed by atoms with Gasteiger partial charge in [0.15, 0.2) is 0 Å². The molecule has 27 heavy (non-hydrogen) atoms. The van der Waals surface area contributed by atoms with Crippen LogP contribution in [0.5, 0.6) is 5.75 Å². The molecule has 1 aromatic heterocycles. The summed E-state index contributed by atoms with van der Waals surface area (Å²) in [6, 6.07) is 9.73. The number of aryl methyl sites for hydroxylation is 1. The predicted molar refractivity (Wildman–Crippen MR) is 109 cm³/mol. The minimum Gasteiger partial charge on any atom is -0.508 e. The lowest BCUT2D eigenvalue weighted by molar-refractivity contribution is -0.133. The minimum absolute atomic E-state index is 0.286. The van der Waals surface area contributed by atoms with E-state index in [4.69, 9.17) is 0 Å². The number of aromatic hydroxyl groups is 1. The average molecular weight is 385 g/mol. The van der Waals surface area contributed by atoms with E-state index in [1.54, 1.807) is 12.1 Å². The Kier molecular flexibility index (Phi) is 5.79. The van der Waals surface area contributed by atoms with Crippen LogP contribution in [0.4, 0.5) is 0 Å².